The maximum absolute atomic E-state index is 14.3. The number of aromatic nitrogens is 2. The van der Waals surface area contributed by atoms with Crippen LogP contribution in [0.4, 0.5) is 8.78 Å². The lowest BCUT2D eigenvalue weighted by Crippen LogP contribution is -2.34. The van der Waals surface area contributed by atoms with Crippen LogP contribution in [0.25, 0.3) is 0 Å². The molecule has 10 heteroatoms. The van der Waals surface area contributed by atoms with E-state index in [9.17, 15) is 22.0 Å². The largest absolute Gasteiger partial charge is 0.376 e. The maximum atomic E-state index is 14.3. The summed E-state index contributed by atoms with van der Waals surface area (Å²) in [5.74, 6) is -1.42. The number of imidazole rings is 1. The maximum Gasteiger partial charge on any atom is 0.254 e. The van der Waals surface area contributed by atoms with Gasteiger partial charge in [-0.1, -0.05) is 18.2 Å². The highest BCUT2D eigenvalue weighted by Gasteiger charge is 2.31. The number of carbonyl (C=O) groups excluding carboxylic acids is 1. The van der Waals surface area contributed by atoms with Gasteiger partial charge in [-0.05, 0) is 61.9 Å². The minimum atomic E-state index is -4.00. The van der Waals surface area contributed by atoms with Crippen LogP contribution in [0.5, 0.6) is 0 Å². The summed E-state index contributed by atoms with van der Waals surface area (Å²) in [6, 6.07) is 11.2. The summed E-state index contributed by atoms with van der Waals surface area (Å²) in [7, 11) is -4.00. The molecule has 196 valence electrons. The van der Waals surface area contributed by atoms with Gasteiger partial charge in [0.15, 0.2) is 0 Å². The Morgan fingerprint density at radius 1 is 1.08 bits per heavy atom. The molecule has 3 aromatic rings. The molecular formula is C27H29F2N3O4S. The second kappa shape index (κ2) is 10.7. The van der Waals surface area contributed by atoms with Crippen molar-refractivity contribution in [2.45, 2.75) is 55.8 Å². The number of hydrogen-bond acceptors (Lipinski definition) is 5. The third-order valence-corrected chi connectivity index (χ3v) is 8.37. The van der Waals surface area contributed by atoms with Crippen LogP contribution in [0.15, 0.2) is 59.9 Å². The first-order chi connectivity index (χ1) is 17.8. The molecule has 2 aromatic carbocycles. The minimum absolute atomic E-state index is 0.0672. The molecule has 1 atom stereocenters. The molecule has 1 unspecified atom stereocenters. The monoisotopic (exact) mass is 529 g/mol. The topological polar surface area (TPSA) is 81.5 Å². The number of carbonyl (C=O) groups is 1. The first-order valence-corrected chi connectivity index (χ1v) is 14.1. The van der Waals surface area contributed by atoms with E-state index in [4.69, 9.17) is 4.74 Å². The number of halogens is 2. The summed E-state index contributed by atoms with van der Waals surface area (Å²) >= 11 is 0. The molecule has 37 heavy (non-hydrogen) atoms. The van der Waals surface area contributed by atoms with Gasteiger partial charge in [-0.2, -0.15) is 0 Å². The second-order valence-electron chi connectivity index (χ2n) is 9.76. The average Bonchev–Trinajstić information content (AvgIpc) is 3.37. The van der Waals surface area contributed by atoms with Gasteiger partial charge < -0.3 is 14.2 Å². The van der Waals surface area contributed by atoms with Gasteiger partial charge in [0.25, 0.3) is 5.91 Å². The van der Waals surface area contributed by atoms with Gasteiger partial charge in [0.1, 0.15) is 11.6 Å². The summed E-state index contributed by atoms with van der Waals surface area (Å²) in [5, 5.41) is -0.165. The summed E-state index contributed by atoms with van der Waals surface area (Å²) in [5.41, 5.74) is 0.982. The molecule has 2 fully saturated rings. The molecule has 0 N–H and O–H groups in total. The van der Waals surface area contributed by atoms with E-state index >= 15 is 0 Å². The summed E-state index contributed by atoms with van der Waals surface area (Å²) in [4.78, 5) is 19.3. The fourth-order valence-corrected chi connectivity index (χ4v) is 6.15. The predicted molar refractivity (Wildman–Crippen MR) is 132 cm³/mol. The number of nitrogens with zero attached hydrogens (tertiary/aromatic N) is 3. The quantitative estimate of drug-likeness (QED) is 0.390. The van der Waals surface area contributed by atoms with Crippen LogP contribution in [-0.2, 0) is 33.4 Å². The van der Waals surface area contributed by atoms with Crippen LogP contribution in [0, 0.1) is 17.6 Å². The number of benzene rings is 2. The lowest BCUT2D eigenvalue weighted by molar-refractivity contribution is 0.0723. The van der Waals surface area contributed by atoms with Gasteiger partial charge >= 0.3 is 0 Å². The van der Waals surface area contributed by atoms with Gasteiger partial charge in [0.2, 0.25) is 15.0 Å². The fourth-order valence-electron chi connectivity index (χ4n) is 4.64. The number of sulfone groups is 1. The highest BCUT2D eigenvalue weighted by molar-refractivity contribution is 7.90. The van der Waals surface area contributed by atoms with E-state index in [2.05, 4.69) is 4.98 Å². The molecule has 0 radical (unpaired) electrons. The fraction of sp³-hybridized carbons (Fsp3) is 0.407. The first-order valence-electron chi connectivity index (χ1n) is 12.5. The highest BCUT2D eigenvalue weighted by atomic mass is 32.2. The third kappa shape index (κ3) is 6.07. The Hall–Kier alpha value is -3.11. The Kier molecular flexibility index (Phi) is 7.39. The number of amides is 1. The van der Waals surface area contributed by atoms with Crippen molar-refractivity contribution in [3.63, 3.8) is 0 Å². The smallest absolute Gasteiger partial charge is 0.254 e. The molecule has 2 heterocycles. The van der Waals surface area contributed by atoms with Crippen LogP contribution in [0.3, 0.4) is 0 Å². The van der Waals surface area contributed by atoms with Crippen molar-refractivity contribution in [3.8, 4) is 0 Å². The van der Waals surface area contributed by atoms with Crippen molar-refractivity contribution in [1.29, 1.82) is 0 Å². The Bertz CT molecular complexity index is 1360. The molecule has 1 aromatic heterocycles. The Labute approximate surface area is 215 Å². The van der Waals surface area contributed by atoms with Crippen LogP contribution >= 0.6 is 0 Å². The van der Waals surface area contributed by atoms with E-state index in [1.165, 1.54) is 48.7 Å². The molecule has 1 saturated carbocycles. The molecule has 1 saturated heterocycles. The first kappa shape index (κ1) is 25.5. The summed E-state index contributed by atoms with van der Waals surface area (Å²) in [6.45, 7) is 1.52. The average molecular weight is 530 g/mol. The number of hydrogen-bond donors (Lipinski definition) is 0. The third-order valence-electron chi connectivity index (χ3n) is 6.80. The normalized spacial score (nSPS) is 17.7. The van der Waals surface area contributed by atoms with E-state index in [0.717, 1.165) is 25.7 Å². The van der Waals surface area contributed by atoms with Crippen LogP contribution < -0.4 is 0 Å². The van der Waals surface area contributed by atoms with Gasteiger partial charge in [0, 0.05) is 24.3 Å². The molecule has 1 aliphatic carbocycles. The molecule has 0 bridgehead atoms. The van der Waals surface area contributed by atoms with E-state index < -0.39 is 27.2 Å². The summed E-state index contributed by atoms with van der Waals surface area (Å²) in [6.07, 6.45) is 4.99. The van der Waals surface area contributed by atoms with E-state index in [0.29, 0.717) is 30.3 Å². The Balaban J connectivity index is 1.47. The molecule has 1 aliphatic heterocycles. The van der Waals surface area contributed by atoms with Gasteiger partial charge in [-0.15, -0.1) is 0 Å². The van der Waals surface area contributed by atoms with Crippen LogP contribution in [0.2, 0.25) is 0 Å². The lowest BCUT2D eigenvalue weighted by Gasteiger charge is -2.24. The van der Waals surface area contributed by atoms with Crippen molar-refractivity contribution in [1.82, 2.24) is 14.5 Å². The zero-order valence-corrected chi connectivity index (χ0v) is 21.2. The van der Waals surface area contributed by atoms with Crippen molar-refractivity contribution >= 4 is 15.7 Å². The highest BCUT2D eigenvalue weighted by Crippen LogP contribution is 2.31. The van der Waals surface area contributed by atoms with Gasteiger partial charge in [0.05, 0.1) is 36.8 Å². The van der Waals surface area contributed by atoms with Crippen molar-refractivity contribution in [2.75, 3.05) is 13.2 Å². The number of ether oxygens (including phenoxy) is 1. The SMILES string of the molecule is O=C(c1ccc(F)cc1)N(Cc1cnc(S(=O)(=O)Cc2ccccc2F)n1CC1CCCO1)CC1CC1. The second-order valence-corrected chi connectivity index (χ2v) is 11.6. The molecular weight excluding hydrogens is 500 g/mol. The predicted octanol–water partition coefficient (Wildman–Crippen LogP) is 4.37. The van der Waals surface area contributed by atoms with Crippen LogP contribution in [0.1, 0.15) is 47.3 Å². The lowest BCUT2D eigenvalue weighted by atomic mass is 10.1. The molecule has 5 rings (SSSR count). The minimum Gasteiger partial charge on any atom is -0.376 e. The van der Waals surface area contributed by atoms with E-state index in [1.54, 1.807) is 15.5 Å². The van der Waals surface area contributed by atoms with Crippen LogP contribution in [-0.4, -0.2) is 48.0 Å². The standard InChI is InChI=1S/C27H29F2N3O4S/c28-22-11-9-20(10-12-22)26(33)31(15-19-7-8-19)16-23-14-30-27(32(23)17-24-5-3-13-36-24)37(34,35)18-21-4-1-2-6-25(21)29/h1-2,4,6,9-12,14,19,24H,3,5,7-8,13,15-18H2. The zero-order valence-electron chi connectivity index (χ0n) is 20.4. The Morgan fingerprint density at radius 3 is 2.51 bits per heavy atom. The van der Waals surface area contributed by atoms with E-state index in [1.807, 2.05) is 0 Å². The number of rotatable bonds is 10. The molecule has 0 spiro atoms. The molecule has 7 nitrogen and oxygen atoms in total. The van der Waals surface area contributed by atoms with Gasteiger partial charge in [-0.25, -0.2) is 22.2 Å². The Morgan fingerprint density at radius 2 is 1.84 bits per heavy atom. The van der Waals surface area contributed by atoms with Gasteiger partial charge in [-0.3, -0.25) is 4.79 Å². The van der Waals surface area contributed by atoms with Crippen molar-refractivity contribution in [2.24, 2.45) is 5.92 Å². The summed E-state index contributed by atoms with van der Waals surface area (Å²) < 4.78 is 61.9. The van der Waals surface area contributed by atoms with Crippen molar-refractivity contribution < 1.29 is 26.7 Å². The van der Waals surface area contributed by atoms with E-state index in [-0.39, 0.29) is 35.8 Å². The van der Waals surface area contributed by atoms with Crippen molar-refractivity contribution in [3.05, 3.63) is 83.2 Å². The zero-order chi connectivity index (χ0) is 26.0. The molecule has 1 amide bonds. The molecule has 2 aliphatic rings.